The Bertz CT molecular complexity index is 699. The van der Waals surface area contributed by atoms with Crippen molar-refractivity contribution in [3.8, 4) is 0 Å². The maximum atomic E-state index is 13.4. The lowest BCUT2D eigenvalue weighted by atomic mass is 10.0. The number of amides is 1. The first-order valence-corrected chi connectivity index (χ1v) is 8.59. The van der Waals surface area contributed by atoms with Gasteiger partial charge in [0.15, 0.2) is 9.84 Å². The van der Waals surface area contributed by atoms with Crippen LogP contribution in [0.1, 0.15) is 18.0 Å². The van der Waals surface area contributed by atoms with Crippen LogP contribution in [0.2, 0.25) is 0 Å². The summed E-state index contributed by atoms with van der Waals surface area (Å²) >= 11 is 0. The molecule has 1 aromatic carbocycles. The minimum Gasteiger partial charge on any atom is -0.346 e. The van der Waals surface area contributed by atoms with Crippen LogP contribution in [0.5, 0.6) is 0 Å². The largest absolute Gasteiger partial charge is 0.346 e. The van der Waals surface area contributed by atoms with E-state index in [-0.39, 0.29) is 23.0 Å². The zero-order valence-corrected chi connectivity index (χ0v) is 13.4. The highest BCUT2D eigenvalue weighted by Crippen LogP contribution is 2.32. The molecule has 1 aliphatic heterocycles. The van der Waals surface area contributed by atoms with E-state index in [0.717, 1.165) is 6.07 Å². The summed E-state index contributed by atoms with van der Waals surface area (Å²) in [6, 6.07) is 3.07. The van der Waals surface area contributed by atoms with Crippen LogP contribution >= 0.6 is 0 Å². The van der Waals surface area contributed by atoms with Gasteiger partial charge in [-0.15, -0.1) is 0 Å². The summed E-state index contributed by atoms with van der Waals surface area (Å²) in [5, 5.41) is 2.74. The molecule has 0 bridgehead atoms. The Morgan fingerprint density at radius 2 is 2.18 bits per heavy atom. The molecule has 0 fully saturated rings. The monoisotopic (exact) mass is 326 g/mol. The summed E-state index contributed by atoms with van der Waals surface area (Å²) in [5.74, 6) is -0.891. The number of rotatable bonds is 4. The SMILES string of the molecule is CN(C)C/C=C/C(=O)NC1CCS(=O)(=O)c2ccc(F)cc21. The van der Waals surface area contributed by atoms with E-state index in [1.165, 1.54) is 18.2 Å². The van der Waals surface area contributed by atoms with E-state index in [2.05, 4.69) is 5.32 Å². The molecule has 1 heterocycles. The molecule has 1 N–H and O–H groups in total. The van der Waals surface area contributed by atoms with Gasteiger partial charge in [0.05, 0.1) is 16.7 Å². The first-order valence-electron chi connectivity index (χ1n) is 6.93. The van der Waals surface area contributed by atoms with Gasteiger partial charge in [0.2, 0.25) is 5.91 Å². The number of benzene rings is 1. The predicted octanol–water partition coefficient (Wildman–Crippen LogP) is 1.28. The summed E-state index contributed by atoms with van der Waals surface area (Å²) in [5.41, 5.74) is 0.320. The van der Waals surface area contributed by atoms with Crippen LogP contribution < -0.4 is 5.32 Å². The zero-order chi connectivity index (χ0) is 16.3. The number of carbonyl (C=O) groups is 1. The van der Waals surface area contributed by atoms with Crippen molar-refractivity contribution in [1.82, 2.24) is 10.2 Å². The molecule has 1 amide bonds. The van der Waals surface area contributed by atoms with Crippen LogP contribution in [0.3, 0.4) is 0 Å². The molecule has 1 aromatic rings. The topological polar surface area (TPSA) is 66.5 Å². The fourth-order valence-electron chi connectivity index (χ4n) is 2.35. The van der Waals surface area contributed by atoms with Gasteiger partial charge < -0.3 is 10.2 Å². The second kappa shape index (κ2) is 6.58. The Kier molecular flexibility index (Phi) is 4.97. The molecule has 0 aliphatic carbocycles. The Hall–Kier alpha value is -1.73. The van der Waals surface area contributed by atoms with Gasteiger partial charge in [-0.05, 0) is 44.3 Å². The molecular weight excluding hydrogens is 307 g/mol. The van der Waals surface area contributed by atoms with Crippen LogP contribution in [-0.2, 0) is 14.6 Å². The molecule has 0 aromatic heterocycles. The Morgan fingerprint density at radius 3 is 2.86 bits per heavy atom. The van der Waals surface area contributed by atoms with Crippen molar-refractivity contribution < 1.29 is 17.6 Å². The molecule has 2 rings (SSSR count). The lowest BCUT2D eigenvalue weighted by Crippen LogP contribution is -2.33. The number of likely N-dealkylation sites (N-methyl/N-ethyl adjacent to an activating group) is 1. The number of nitrogens with one attached hydrogen (secondary N) is 1. The number of nitrogens with zero attached hydrogens (tertiary/aromatic N) is 1. The van der Waals surface area contributed by atoms with Crippen LogP contribution in [0.25, 0.3) is 0 Å². The van der Waals surface area contributed by atoms with Gasteiger partial charge in [0.1, 0.15) is 5.82 Å². The molecular formula is C15H19FN2O3S. The van der Waals surface area contributed by atoms with Crippen molar-refractivity contribution in [2.45, 2.75) is 17.4 Å². The average molecular weight is 326 g/mol. The van der Waals surface area contributed by atoms with E-state index in [9.17, 15) is 17.6 Å². The first-order chi connectivity index (χ1) is 10.3. The fraction of sp³-hybridized carbons (Fsp3) is 0.400. The Labute approximate surface area is 129 Å². The molecule has 0 saturated carbocycles. The van der Waals surface area contributed by atoms with Crippen LogP contribution in [0.4, 0.5) is 4.39 Å². The average Bonchev–Trinajstić information content (AvgIpc) is 2.41. The minimum absolute atomic E-state index is 0.0575. The van der Waals surface area contributed by atoms with Gasteiger partial charge >= 0.3 is 0 Å². The van der Waals surface area contributed by atoms with Gasteiger partial charge in [-0.2, -0.15) is 0 Å². The third-order valence-electron chi connectivity index (χ3n) is 3.41. The number of sulfone groups is 1. The van der Waals surface area contributed by atoms with Crippen molar-refractivity contribution in [3.05, 3.63) is 41.7 Å². The Balaban J connectivity index is 2.19. The Morgan fingerprint density at radius 1 is 1.45 bits per heavy atom. The van der Waals surface area contributed by atoms with Crippen LogP contribution in [0, 0.1) is 5.82 Å². The van der Waals surface area contributed by atoms with Crippen LogP contribution in [-0.4, -0.2) is 45.6 Å². The molecule has 1 unspecified atom stereocenters. The third-order valence-corrected chi connectivity index (χ3v) is 5.23. The minimum atomic E-state index is -3.40. The van der Waals surface area contributed by atoms with E-state index in [0.29, 0.717) is 12.1 Å². The summed E-state index contributed by atoms with van der Waals surface area (Å²) in [6.07, 6.45) is 3.36. The van der Waals surface area contributed by atoms with E-state index >= 15 is 0 Å². The van der Waals surface area contributed by atoms with Gasteiger partial charge in [-0.1, -0.05) is 6.08 Å². The van der Waals surface area contributed by atoms with Crippen molar-refractivity contribution in [3.63, 3.8) is 0 Å². The first kappa shape index (κ1) is 16.6. The van der Waals surface area contributed by atoms with Gasteiger partial charge in [-0.3, -0.25) is 4.79 Å². The molecule has 1 atom stereocenters. The maximum Gasteiger partial charge on any atom is 0.244 e. The smallest absolute Gasteiger partial charge is 0.244 e. The summed E-state index contributed by atoms with van der Waals surface area (Å²) in [7, 11) is 0.366. The zero-order valence-electron chi connectivity index (χ0n) is 12.5. The summed E-state index contributed by atoms with van der Waals surface area (Å²) in [4.78, 5) is 13.9. The highest BCUT2D eigenvalue weighted by atomic mass is 32.2. The van der Waals surface area contributed by atoms with Crippen molar-refractivity contribution >= 4 is 15.7 Å². The van der Waals surface area contributed by atoms with Crippen molar-refractivity contribution in [2.75, 3.05) is 26.4 Å². The highest BCUT2D eigenvalue weighted by Gasteiger charge is 2.31. The molecule has 120 valence electrons. The van der Waals surface area contributed by atoms with Gasteiger partial charge in [0.25, 0.3) is 0 Å². The molecule has 1 aliphatic rings. The standard InChI is InChI=1S/C15H19FN2O3S/c1-18(2)8-3-4-15(19)17-13-7-9-22(20,21)14-6-5-11(16)10-12(13)14/h3-6,10,13H,7-9H2,1-2H3,(H,17,19)/b4-3+. The third kappa shape index (κ3) is 3.92. The molecule has 0 spiro atoms. The quantitative estimate of drug-likeness (QED) is 0.669. The lowest BCUT2D eigenvalue weighted by Gasteiger charge is -2.25. The normalized spacial score (nSPS) is 20.1. The van der Waals surface area contributed by atoms with E-state index < -0.39 is 21.7 Å². The molecule has 22 heavy (non-hydrogen) atoms. The van der Waals surface area contributed by atoms with Crippen molar-refractivity contribution in [2.24, 2.45) is 0 Å². The molecule has 5 nitrogen and oxygen atoms in total. The highest BCUT2D eigenvalue weighted by molar-refractivity contribution is 7.91. The second-order valence-corrected chi connectivity index (χ2v) is 7.59. The molecule has 0 saturated heterocycles. The summed E-state index contributed by atoms with van der Waals surface area (Å²) in [6.45, 7) is 0.623. The number of carbonyl (C=O) groups excluding carboxylic acids is 1. The van der Waals surface area contributed by atoms with Gasteiger partial charge in [0, 0.05) is 12.6 Å². The molecule has 7 heteroatoms. The fourth-order valence-corrected chi connectivity index (χ4v) is 3.96. The maximum absolute atomic E-state index is 13.4. The number of halogens is 1. The number of fused-ring (bicyclic) bond motifs is 1. The van der Waals surface area contributed by atoms with E-state index in [1.54, 1.807) is 6.08 Å². The number of hydrogen-bond acceptors (Lipinski definition) is 4. The predicted molar refractivity (Wildman–Crippen MR) is 81.6 cm³/mol. The van der Waals surface area contributed by atoms with E-state index in [4.69, 9.17) is 0 Å². The van der Waals surface area contributed by atoms with Crippen LogP contribution in [0.15, 0.2) is 35.2 Å². The molecule has 0 radical (unpaired) electrons. The second-order valence-electron chi connectivity index (χ2n) is 5.52. The lowest BCUT2D eigenvalue weighted by molar-refractivity contribution is -0.117. The summed E-state index contributed by atoms with van der Waals surface area (Å²) < 4.78 is 37.4. The number of hydrogen-bond donors (Lipinski definition) is 1. The van der Waals surface area contributed by atoms with Gasteiger partial charge in [-0.25, -0.2) is 12.8 Å². The van der Waals surface area contributed by atoms with Crippen molar-refractivity contribution in [1.29, 1.82) is 0 Å². The van der Waals surface area contributed by atoms with E-state index in [1.807, 2.05) is 19.0 Å².